The highest BCUT2D eigenvalue weighted by Gasteiger charge is 2.19. The fraction of sp³-hybridized carbons (Fsp3) is 0.333. The lowest BCUT2D eigenvalue weighted by Gasteiger charge is -2.11. The first-order valence-electron chi connectivity index (χ1n) is 7.11. The predicted octanol–water partition coefficient (Wildman–Crippen LogP) is 1.48. The van der Waals surface area contributed by atoms with Crippen molar-refractivity contribution < 1.29 is 4.79 Å². The number of nitrogens with one attached hydrogen (secondary N) is 2. The van der Waals surface area contributed by atoms with Gasteiger partial charge in [0, 0.05) is 18.8 Å². The SMILES string of the molecule is Cl.NC(C(=O)Nc1ccn(C2CCNC2)n1)c1ccccc1. The van der Waals surface area contributed by atoms with Gasteiger partial charge in [-0.15, -0.1) is 12.4 Å². The molecule has 2 unspecified atom stereocenters. The molecule has 0 saturated carbocycles. The van der Waals surface area contributed by atoms with Crippen LogP contribution in [0.3, 0.4) is 0 Å². The second-order valence-corrected chi connectivity index (χ2v) is 5.21. The Bertz CT molecular complexity index is 609. The monoisotopic (exact) mass is 321 g/mol. The average Bonchev–Trinajstić information content (AvgIpc) is 3.18. The number of halogens is 1. The van der Waals surface area contributed by atoms with Crippen LogP contribution in [0.4, 0.5) is 5.82 Å². The Morgan fingerprint density at radius 2 is 2.14 bits per heavy atom. The zero-order valence-electron chi connectivity index (χ0n) is 12.1. The van der Waals surface area contributed by atoms with Crippen molar-refractivity contribution in [2.24, 2.45) is 5.73 Å². The van der Waals surface area contributed by atoms with E-state index in [9.17, 15) is 4.79 Å². The maximum atomic E-state index is 12.1. The molecular formula is C15H20ClN5O. The normalized spacial score (nSPS) is 18.5. The standard InChI is InChI=1S/C15H19N5O.ClH/c16-14(11-4-2-1-3-5-11)15(21)18-13-7-9-20(19-13)12-6-8-17-10-12;/h1-5,7,9,12,14,17H,6,8,10,16H2,(H,18,19,21);1H. The summed E-state index contributed by atoms with van der Waals surface area (Å²) >= 11 is 0. The fourth-order valence-corrected chi connectivity index (χ4v) is 2.49. The molecule has 4 N–H and O–H groups in total. The third kappa shape index (κ3) is 3.65. The molecule has 2 atom stereocenters. The van der Waals surface area contributed by atoms with Crippen LogP contribution < -0.4 is 16.4 Å². The van der Waals surface area contributed by atoms with Crippen LogP contribution in [0.2, 0.25) is 0 Å². The van der Waals surface area contributed by atoms with E-state index >= 15 is 0 Å². The minimum atomic E-state index is -0.690. The van der Waals surface area contributed by atoms with E-state index in [0.29, 0.717) is 11.9 Å². The molecule has 118 valence electrons. The van der Waals surface area contributed by atoms with Crippen LogP contribution in [0.15, 0.2) is 42.6 Å². The molecule has 0 radical (unpaired) electrons. The van der Waals surface area contributed by atoms with E-state index in [1.54, 1.807) is 6.07 Å². The minimum absolute atomic E-state index is 0. The van der Waals surface area contributed by atoms with Gasteiger partial charge in [0.15, 0.2) is 5.82 Å². The number of rotatable bonds is 4. The number of benzene rings is 1. The van der Waals surface area contributed by atoms with Gasteiger partial charge < -0.3 is 16.4 Å². The van der Waals surface area contributed by atoms with Crippen LogP contribution in [0.5, 0.6) is 0 Å². The summed E-state index contributed by atoms with van der Waals surface area (Å²) in [6.45, 7) is 1.92. The van der Waals surface area contributed by atoms with Gasteiger partial charge in [-0.05, 0) is 18.5 Å². The van der Waals surface area contributed by atoms with Crippen LogP contribution >= 0.6 is 12.4 Å². The second kappa shape index (κ2) is 7.40. The summed E-state index contributed by atoms with van der Waals surface area (Å²) in [4.78, 5) is 12.1. The van der Waals surface area contributed by atoms with Crippen molar-refractivity contribution in [3.63, 3.8) is 0 Å². The largest absolute Gasteiger partial charge is 0.316 e. The zero-order valence-corrected chi connectivity index (χ0v) is 12.9. The van der Waals surface area contributed by atoms with Crippen molar-refractivity contribution in [1.82, 2.24) is 15.1 Å². The summed E-state index contributed by atoms with van der Waals surface area (Å²) in [7, 11) is 0. The number of nitrogens with zero attached hydrogens (tertiary/aromatic N) is 2. The Labute approximate surface area is 135 Å². The highest BCUT2D eigenvalue weighted by Crippen LogP contribution is 2.17. The summed E-state index contributed by atoms with van der Waals surface area (Å²) in [6.07, 6.45) is 2.94. The van der Waals surface area contributed by atoms with Crippen LogP contribution in [0.25, 0.3) is 0 Å². The molecule has 1 aliphatic rings. The Morgan fingerprint density at radius 3 is 2.82 bits per heavy atom. The van der Waals surface area contributed by atoms with Crippen molar-refractivity contribution in [2.75, 3.05) is 18.4 Å². The number of anilines is 1. The Hall–Kier alpha value is -1.89. The van der Waals surface area contributed by atoms with Crippen LogP contribution in [0, 0.1) is 0 Å². The molecule has 1 fully saturated rings. The van der Waals surface area contributed by atoms with Crippen molar-refractivity contribution in [3.05, 3.63) is 48.2 Å². The fourth-order valence-electron chi connectivity index (χ4n) is 2.49. The average molecular weight is 322 g/mol. The third-order valence-corrected chi connectivity index (χ3v) is 3.71. The number of carbonyl (C=O) groups excluding carboxylic acids is 1. The van der Waals surface area contributed by atoms with Crippen LogP contribution in [0.1, 0.15) is 24.1 Å². The lowest BCUT2D eigenvalue weighted by atomic mass is 10.1. The molecule has 0 bridgehead atoms. The van der Waals surface area contributed by atoms with Crippen molar-refractivity contribution in [1.29, 1.82) is 0 Å². The third-order valence-electron chi connectivity index (χ3n) is 3.71. The van der Waals surface area contributed by atoms with E-state index in [-0.39, 0.29) is 18.3 Å². The maximum absolute atomic E-state index is 12.1. The summed E-state index contributed by atoms with van der Waals surface area (Å²) in [6, 6.07) is 10.8. The molecule has 0 spiro atoms. The van der Waals surface area contributed by atoms with Gasteiger partial charge in [-0.2, -0.15) is 5.10 Å². The molecular weight excluding hydrogens is 302 g/mol. The van der Waals surface area contributed by atoms with Crippen LogP contribution in [-0.2, 0) is 4.79 Å². The summed E-state index contributed by atoms with van der Waals surface area (Å²) in [5.74, 6) is 0.286. The number of amides is 1. The first-order valence-corrected chi connectivity index (χ1v) is 7.11. The predicted molar refractivity (Wildman–Crippen MR) is 88.0 cm³/mol. The van der Waals surface area contributed by atoms with Gasteiger partial charge in [0.25, 0.3) is 0 Å². The van der Waals surface area contributed by atoms with Gasteiger partial charge in [0.2, 0.25) is 5.91 Å². The van der Waals surface area contributed by atoms with Gasteiger partial charge in [-0.25, -0.2) is 0 Å². The van der Waals surface area contributed by atoms with E-state index in [1.165, 1.54) is 0 Å². The summed E-state index contributed by atoms with van der Waals surface area (Å²) < 4.78 is 1.89. The number of aromatic nitrogens is 2. The Morgan fingerprint density at radius 1 is 1.36 bits per heavy atom. The van der Waals surface area contributed by atoms with E-state index in [1.807, 2.05) is 41.2 Å². The lowest BCUT2D eigenvalue weighted by molar-refractivity contribution is -0.117. The smallest absolute Gasteiger partial charge is 0.247 e. The molecule has 7 heteroatoms. The van der Waals surface area contributed by atoms with Crippen LogP contribution in [-0.4, -0.2) is 28.8 Å². The first kappa shape index (κ1) is 16.5. The molecule has 1 amide bonds. The Balaban J connectivity index is 0.00000176. The molecule has 3 rings (SSSR count). The molecule has 0 aliphatic carbocycles. The molecule has 1 saturated heterocycles. The molecule has 1 aromatic heterocycles. The Kier molecular flexibility index (Phi) is 5.54. The van der Waals surface area contributed by atoms with E-state index in [4.69, 9.17) is 5.73 Å². The topological polar surface area (TPSA) is 85.0 Å². The van der Waals surface area contributed by atoms with E-state index in [0.717, 1.165) is 25.1 Å². The van der Waals surface area contributed by atoms with Crippen molar-refractivity contribution in [3.8, 4) is 0 Å². The minimum Gasteiger partial charge on any atom is -0.316 e. The van der Waals surface area contributed by atoms with Gasteiger partial charge in [0.05, 0.1) is 6.04 Å². The quantitative estimate of drug-likeness (QED) is 0.796. The van der Waals surface area contributed by atoms with Gasteiger partial charge >= 0.3 is 0 Å². The summed E-state index contributed by atoms with van der Waals surface area (Å²) in [5.41, 5.74) is 6.75. The van der Waals surface area contributed by atoms with Gasteiger partial charge in [0.1, 0.15) is 6.04 Å². The molecule has 6 nitrogen and oxygen atoms in total. The zero-order chi connectivity index (χ0) is 14.7. The second-order valence-electron chi connectivity index (χ2n) is 5.21. The highest BCUT2D eigenvalue weighted by molar-refractivity contribution is 5.94. The molecule has 1 aromatic carbocycles. The lowest BCUT2D eigenvalue weighted by Crippen LogP contribution is -2.28. The number of hydrogen-bond donors (Lipinski definition) is 3. The molecule has 2 heterocycles. The molecule has 1 aliphatic heterocycles. The maximum Gasteiger partial charge on any atom is 0.247 e. The number of nitrogens with two attached hydrogens (primary N) is 1. The van der Waals surface area contributed by atoms with E-state index < -0.39 is 6.04 Å². The first-order chi connectivity index (χ1) is 10.2. The molecule has 22 heavy (non-hydrogen) atoms. The number of carbonyl (C=O) groups is 1. The van der Waals surface area contributed by atoms with Gasteiger partial charge in [-0.1, -0.05) is 30.3 Å². The molecule has 2 aromatic rings. The summed E-state index contributed by atoms with van der Waals surface area (Å²) in [5, 5.41) is 10.5. The van der Waals surface area contributed by atoms with Crippen molar-refractivity contribution >= 4 is 24.1 Å². The van der Waals surface area contributed by atoms with Crippen molar-refractivity contribution in [2.45, 2.75) is 18.5 Å². The van der Waals surface area contributed by atoms with E-state index in [2.05, 4.69) is 15.7 Å². The highest BCUT2D eigenvalue weighted by atomic mass is 35.5. The number of hydrogen-bond acceptors (Lipinski definition) is 4. The van der Waals surface area contributed by atoms with Gasteiger partial charge in [-0.3, -0.25) is 9.48 Å².